The van der Waals surface area contributed by atoms with E-state index in [9.17, 15) is 13.6 Å². The fraction of sp³-hybridized carbons (Fsp3) is 0.278. The standard InChI is InChI=1S/C18H19F2N3O/c19-14-5-1-12(2-6-14)17(13-3-7-15(20)8-4-13)23-10-9-22-16(11-23)18(21)24/h1-8,16-17,22H,9-11H2,(H2,21,24). The minimum absolute atomic E-state index is 0.199. The molecule has 0 radical (unpaired) electrons. The fourth-order valence-corrected chi connectivity index (χ4v) is 3.10. The lowest BCUT2D eigenvalue weighted by molar-refractivity contribution is -0.121. The van der Waals surface area contributed by atoms with Crippen LogP contribution in [0.1, 0.15) is 17.2 Å². The number of carbonyl (C=O) groups excluding carboxylic acids is 1. The van der Waals surface area contributed by atoms with Gasteiger partial charge in [0, 0.05) is 19.6 Å². The van der Waals surface area contributed by atoms with Gasteiger partial charge in [-0.1, -0.05) is 24.3 Å². The van der Waals surface area contributed by atoms with Gasteiger partial charge >= 0.3 is 0 Å². The molecule has 4 nitrogen and oxygen atoms in total. The maximum Gasteiger partial charge on any atom is 0.235 e. The number of nitrogens with zero attached hydrogens (tertiary/aromatic N) is 1. The molecule has 1 fully saturated rings. The van der Waals surface area contributed by atoms with Gasteiger partial charge in [0.1, 0.15) is 11.6 Å². The van der Waals surface area contributed by atoms with E-state index in [2.05, 4.69) is 10.2 Å². The van der Waals surface area contributed by atoms with Crippen molar-refractivity contribution in [3.8, 4) is 0 Å². The smallest absolute Gasteiger partial charge is 0.235 e. The second-order valence-electron chi connectivity index (χ2n) is 5.91. The number of primary amides is 1. The Balaban J connectivity index is 1.96. The van der Waals surface area contributed by atoms with Gasteiger partial charge in [0.2, 0.25) is 5.91 Å². The quantitative estimate of drug-likeness (QED) is 0.898. The van der Waals surface area contributed by atoms with Crippen LogP contribution >= 0.6 is 0 Å². The summed E-state index contributed by atoms with van der Waals surface area (Å²) in [7, 11) is 0. The van der Waals surface area contributed by atoms with E-state index in [-0.39, 0.29) is 17.7 Å². The number of halogens is 2. The number of hydrogen-bond acceptors (Lipinski definition) is 3. The molecule has 1 saturated heterocycles. The number of hydrogen-bond donors (Lipinski definition) is 2. The van der Waals surface area contributed by atoms with Crippen molar-refractivity contribution >= 4 is 5.91 Å². The number of carbonyl (C=O) groups is 1. The van der Waals surface area contributed by atoms with E-state index < -0.39 is 11.9 Å². The zero-order chi connectivity index (χ0) is 17.1. The van der Waals surface area contributed by atoms with E-state index in [1.165, 1.54) is 24.3 Å². The van der Waals surface area contributed by atoms with Crippen LogP contribution < -0.4 is 11.1 Å². The van der Waals surface area contributed by atoms with Crippen LogP contribution in [0, 0.1) is 11.6 Å². The van der Waals surface area contributed by atoms with E-state index in [0.29, 0.717) is 19.6 Å². The third kappa shape index (κ3) is 3.60. The van der Waals surface area contributed by atoms with Gasteiger partial charge in [-0.2, -0.15) is 0 Å². The molecule has 1 heterocycles. The first-order valence-corrected chi connectivity index (χ1v) is 7.82. The highest BCUT2D eigenvalue weighted by atomic mass is 19.1. The number of rotatable bonds is 4. The van der Waals surface area contributed by atoms with Crippen LogP contribution in [0.3, 0.4) is 0 Å². The van der Waals surface area contributed by atoms with E-state index >= 15 is 0 Å². The number of nitrogens with two attached hydrogens (primary N) is 1. The highest BCUT2D eigenvalue weighted by Crippen LogP contribution is 2.30. The van der Waals surface area contributed by atoms with Crippen molar-refractivity contribution in [3.63, 3.8) is 0 Å². The first kappa shape index (κ1) is 16.5. The van der Waals surface area contributed by atoms with Gasteiger partial charge in [0.25, 0.3) is 0 Å². The van der Waals surface area contributed by atoms with Gasteiger partial charge in [-0.05, 0) is 35.4 Å². The molecule has 2 aromatic rings. The van der Waals surface area contributed by atoms with Crippen LogP contribution in [0.25, 0.3) is 0 Å². The van der Waals surface area contributed by atoms with Crippen molar-refractivity contribution < 1.29 is 13.6 Å². The molecule has 0 aromatic heterocycles. The third-order valence-corrected chi connectivity index (χ3v) is 4.29. The fourth-order valence-electron chi connectivity index (χ4n) is 3.10. The van der Waals surface area contributed by atoms with Crippen LogP contribution in [-0.2, 0) is 4.79 Å². The van der Waals surface area contributed by atoms with Crippen LogP contribution in [0.15, 0.2) is 48.5 Å². The molecule has 24 heavy (non-hydrogen) atoms. The summed E-state index contributed by atoms with van der Waals surface area (Å²) >= 11 is 0. The monoisotopic (exact) mass is 331 g/mol. The Kier molecular flexibility index (Phi) is 4.87. The van der Waals surface area contributed by atoms with Crippen LogP contribution in [0.2, 0.25) is 0 Å². The summed E-state index contributed by atoms with van der Waals surface area (Å²) in [5.74, 6) is -1.03. The van der Waals surface area contributed by atoms with Gasteiger partial charge in [0.05, 0.1) is 12.1 Å². The maximum absolute atomic E-state index is 13.3. The molecule has 3 N–H and O–H groups in total. The molecule has 3 rings (SSSR count). The Morgan fingerprint density at radius 2 is 1.54 bits per heavy atom. The Bertz CT molecular complexity index is 658. The lowest BCUT2D eigenvalue weighted by Gasteiger charge is -2.38. The predicted molar refractivity (Wildman–Crippen MR) is 87.2 cm³/mol. The first-order valence-electron chi connectivity index (χ1n) is 7.82. The van der Waals surface area contributed by atoms with Crippen LogP contribution in [0.5, 0.6) is 0 Å². The molecule has 1 aliphatic heterocycles. The zero-order valence-electron chi connectivity index (χ0n) is 13.1. The lowest BCUT2D eigenvalue weighted by Crippen LogP contribution is -2.56. The molecule has 1 atom stereocenters. The highest BCUT2D eigenvalue weighted by molar-refractivity contribution is 5.80. The summed E-state index contributed by atoms with van der Waals surface area (Å²) in [5.41, 5.74) is 7.18. The van der Waals surface area contributed by atoms with E-state index in [4.69, 9.17) is 5.73 Å². The third-order valence-electron chi connectivity index (χ3n) is 4.29. The topological polar surface area (TPSA) is 58.4 Å². The molecular formula is C18H19F2N3O. The highest BCUT2D eigenvalue weighted by Gasteiger charge is 2.30. The molecule has 126 valence electrons. The average Bonchev–Trinajstić information content (AvgIpc) is 2.59. The Morgan fingerprint density at radius 3 is 2.00 bits per heavy atom. The largest absolute Gasteiger partial charge is 0.368 e. The molecule has 6 heteroatoms. The van der Waals surface area contributed by atoms with Gasteiger partial charge in [-0.25, -0.2) is 8.78 Å². The molecular weight excluding hydrogens is 312 g/mol. The van der Waals surface area contributed by atoms with Gasteiger partial charge in [0.15, 0.2) is 0 Å². The SMILES string of the molecule is NC(=O)C1CN(C(c2ccc(F)cc2)c2ccc(F)cc2)CCN1. The normalized spacial score (nSPS) is 18.7. The molecule has 1 aliphatic rings. The summed E-state index contributed by atoms with van der Waals surface area (Å²) in [6.45, 7) is 1.75. The molecule has 2 aromatic carbocycles. The maximum atomic E-state index is 13.3. The predicted octanol–water partition coefficient (Wildman–Crippen LogP) is 1.81. The van der Waals surface area contributed by atoms with E-state index in [0.717, 1.165) is 11.1 Å². The minimum Gasteiger partial charge on any atom is -0.368 e. The van der Waals surface area contributed by atoms with E-state index in [1.807, 2.05) is 0 Å². The average molecular weight is 331 g/mol. The van der Waals surface area contributed by atoms with Crippen molar-refractivity contribution in [3.05, 3.63) is 71.3 Å². The van der Waals surface area contributed by atoms with Gasteiger partial charge in [-0.15, -0.1) is 0 Å². The summed E-state index contributed by atoms with van der Waals surface area (Å²) in [6.07, 6.45) is 0. The Labute approximate surface area is 139 Å². The minimum atomic E-state index is -0.442. The summed E-state index contributed by atoms with van der Waals surface area (Å²) < 4.78 is 26.6. The summed E-state index contributed by atoms with van der Waals surface area (Å²) in [6, 6.07) is 11.8. The van der Waals surface area contributed by atoms with Crippen molar-refractivity contribution in [2.45, 2.75) is 12.1 Å². The van der Waals surface area contributed by atoms with Gasteiger partial charge < -0.3 is 11.1 Å². The Morgan fingerprint density at radius 1 is 1.04 bits per heavy atom. The summed E-state index contributed by atoms with van der Waals surface area (Å²) in [4.78, 5) is 13.6. The van der Waals surface area contributed by atoms with Gasteiger partial charge in [-0.3, -0.25) is 9.69 Å². The molecule has 0 saturated carbocycles. The van der Waals surface area contributed by atoms with Crippen molar-refractivity contribution in [2.24, 2.45) is 5.73 Å². The second-order valence-corrected chi connectivity index (χ2v) is 5.91. The summed E-state index contributed by atoms with van der Waals surface area (Å²) in [5, 5.41) is 3.09. The zero-order valence-corrected chi connectivity index (χ0v) is 13.1. The van der Waals surface area contributed by atoms with E-state index in [1.54, 1.807) is 24.3 Å². The second kappa shape index (κ2) is 7.07. The van der Waals surface area contributed by atoms with Crippen LogP contribution in [-0.4, -0.2) is 36.5 Å². The van der Waals surface area contributed by atoms with Crippen LogP contribution in [0.4, 0.5) is 8.78 Å². The van der Waals surface area contributed by atoms with Crippen molar-refractivity contribution in [1.82, 2.24) is 10.2 Å². The number of amides is 1. The molecule has 0 aliphatic carbocycles. The molecule has 1 amide bonds. The molecule has 0 spiro atoms. The van der Waals surface area contributed by atoms with Crippen molar-refractivity contribution in [1.29, 1.82) is 0 Å². The molecule has 0 bridgehead atoms. The lowest BCUT2D eigenvalue weighted by atomic mass is 9.95. The number of benzene rings is 2. The number of nitrogens with one attached hydrogen (secondary N) is 1. The van der Waals surface area contributed by atoms with Crippen molar-refractivity contribution in [2.75, 3.05) is 19.6 Å². The number of piperazine rings is 1. The first-order chi connectivity index (χ1) is 11.5. The molecule has 1 unspecified atom stereocenters. The Hall–Kier alpha value is -2.31.